The zero-order chi connectivity index (χ0) is 14.2. The van der Waals surface area contributed by atoms with Gasteiger partial charge in [0.05, 0.1) is 13.7 Å². The average Bonchev–Trinajstić information content (AvgIpc) is 3.11. The summed E-state index contributed by atoms with van der Waals surface area (Å²) >= 11 is 0. The topological polar surface area (TPSA) is 34.4 Å². The lowest BCUT2D eigenvalue weighted by molar-refractivity contribution is 0.332. The van der Waals surface area contributed by atoms with Crippen molar-refractivity contribution in [3.05, 3.63) is 30.0 Å². The SMILES string of the molecule is COc1cccc2cc(CNCC3(C(C)C)CC3)oc12. The predicted octanol–water partition coefficient (Wildman–Crippen LogP) is 3.97. The lowest BCUT2D eigenvalue weighted by Crippen LogP contribution is -2.27. The molecule has 1 N–H and O–H groups in total. The van der Waals surface area contributed by atoms with Crippen LogP contribution in [0, 0.1) is 11.3 Å². The Labute approximate surface area is 120 Å². The summed E-state index contributed by atoms with van der Waals surface area (Å²) < 4.78 is 11.2. The summed E-state index contributed by atoms with van der Waals surface area (Å²) in [6.07, 6.45) is 2.71. The molecule has 1 heterocycles. The lowest BCUT2D eigenvalue weighted by Gasteiger charge is -2.19. The molecular weight excluding hydrogens is 250 g/mol. The van der Waals surface area contributed by atoms with Crippen LogP contribution in [0.5, 0.6) is 5.75 Å². The molecule has 3 heteroatoms. The minimum absolute atomic E-state index is 0.531. The quantitative estimate of drug-likeness (QED) is 0.865. The van der Waals surface area contributed by atoms with E-state index in [1.54, 1.807) is 7.11 Å². The lowest BCUT2D eigenvalue weighted by atomic mass is 9.92. The van der Waals surface area contributed by atoms with Crippen LogP contribution in [0.15, 0.2) is 28.7 Å². The van der Waals surface area contributed by atoms with Crippen LogP contribution in [0.1, 0.15) is 32.4 Å². The normalized spacial score (nSPS) is 16.8. The molecule has 0 saturated heterocycles. The van der Waals surface area contributed by atoms with E-state index in [1.165, 1.54) is 12.8 Å². The number of hydrogen-bond acceptors (Lipinski definition) is 3. The Morgan fingerprint density at radius 1 is 1.35 bits per heavy atom. The van der Waals surface area contributed by atoms with E-state index in [9.17, 15) is 0 Å². The molecule has 0 radical (unpaired) electrons. The van der Waals surface area contributed by atoms with Crippen molar-refractivity contribution in [2.24, 2.45) is 11.3 Å². The highest BCUT2D eigenvalue weighted by atomic mass is 16.5. The maximum Gasteiger partial charge on any atom is 0.176 e. The van der Waals surface area contributed by atoms with Gasteiger partial charge in [0, 0.05) is 11.9 Å². The van der Waals surface area contributed by atoms with Crippen molar-refractivity contribution < 1.29 is 9.15 Å². The molecule has 0 unspecified atom stereocenters. The number of fused-ring (bicyclic) bond motifs is 1. The van der Waals surface area contributed by atoms with Gasteiger partial charge in [0.15, 0.2) is 11.3 Å². The highest BCUT2D eigenvalue weighted by Crippen LogP contribution is 2.51. The molecule has 0 aliphatic heterocycles. The number of hydrogen-bond donors (Lipinski definition) is 1. The Hall–Kier alpha value is -1.48. The van der Waals surface area contributed by atoms with Crippen LogP contribution in [0.3, 0.4) is 0 Å². The van der Waals surface area contributed by atoms with Crippen molar-refractivity contribution in [1.82, 2.24) is 5.32 Å². The summed E-state index contributed by atoms with van der Waals surface area (Å²) in [6.45, 7) is 6.51. The fourth-order valence-corrected chi connectivity index (χ4v) is 2.89. The Balaban J connectivity index is 1.66. The molecule has 1 aliphatic rings. The number of para-hydroxylation sites is 1. The molecular formula is C17H23NO2. The molecule has 1 fully saturated rings. The number of ether oxygens (including phenoxy) is 1. The van der Waals surface area contributed by atoms with Crippen molar-refractivity contribution >= 4 is 11.0 Å². The zero-order valence-corrected chi connectivity index (χ0v) is 12.5. The molecule has 0 bridgehead atoms. The molecule has 3 nitrogen and oxygen atoms in total. The molecule has 1 aliphatic carbocycles. The van der Waals surface area contributed by atoms with Crippen LogP contribution in [0.25, 0.3) is 11.0 Å². The Morgan fingerprint density at radius 3 is 2.80 bits per heavy atom. The Bertz CT molecular complexity index is 596. The van der Waals surface area contributed by atoms with Crippen molar-refractivity contribution in [2.75, 3.05) is 13.7 Å². The third kappa shape index (κ3) is 2.42. The molecule has 0 amide bonds. The van der Waals surface area contributed by atoms with E-state index in [1.807, 2.05) is 12.1 Å². The minimum atomic E-state index is 0.531. The van der Waals surface area contributed by atoms with E-state index in [-0.39, 0.29) is 0 Å². The molecule has 108 valence electrons. The van der Waals surface area contributed by atoms with E-state index in [0.717, 1.165) is 41.5 Å². The maximum absolute atomic E-state index is 5.90. The standard InChI is InChI=1S/C17H23NO2/c1-12(2)17(7-8-17)11-18-10-14-9-13-5-4-6-15(19-3)16(13)20-14/h4-6,9,12,18H,7-8,10-11H2,1-3H3. The molecule has 3 rings (SSSR count). The van der Waals surface area contributed by atoms with Gasteiger partial charge in [-0.1, -0.05) is 26.0 Å². The molecule has 2 aromatic rings. The van der Waals surface area contributed by atoms with Crippen LogP contribution >= 0.6 is 0 Å². The third-order valence-electron chi connectivity index (χ3n) is 4.67. The van der Waals surface area contributed by atoms with Gasteiger partial charge in [-0.2, -0.15) is 0 Å². The first kappa shape index (κ1) is 13.5. The molecule has 20 heavy (non-hydrogen) atoms. The number of benzene rings is 1. The van der Waals surface area contributed by atoms with Crippen LogP contribution < -0.4 is 10.1 Å². The van der Waals surface area contributed by atoms with Crippen molar-refractivity contribution in [3.8, 4) is 5.75 Å². The highest BCUT2D eigenvalue weighted by Gasteiger charge is 2.44. The van der Waals surface area contributed by atoms with Crippen molar-refractivity contribution in [1.29, 1.82) is 0 Å². The van der Waals surface area contributed by atoms with E-state index >= 15 is 0 Å². The first-order valence-corrected chi connectivity index (χ1v) is 7.41. The van der Waals surface area contributed by atoms with Crippen LogP contribution in [0.2, 0.25) is 0 Å². The predicted molar refractivity (Wildman–Crippen MR) is 81.0 cm³/mol. The Kier molecular flexibility index (Phi) is 3.47. The van der Waals surface area contributed by atoms with Gasteiger partial charge in [0.1, 0.15) is 5.76 Å². The maximum atomic E-state index is 5.90. The summed E-state index contributed by atoms with van der Waals surface area (Å²) in [5, 5.41) is 4.65. The first-order chi connectivity index (χ1) is 9.64. The molecule has 1 saturated carbocycles. The second kappa shape index (κ2) is 5.13. The van der Waals surface area contributed by atoms with Crippen molar-refractivity contribution in [2.45, 2.75) is 33.2 Å². The molecule has 1 aromatic carbocycles. The monoisotopic (exact) mass is 273 g/mol. The molecule has 0 atom stereocenters. The van der Waals surface area contributed by atoms with Gasteiger partial charge in [-0.15, -0.1) is 0 Å². The van der Waals surface area contributed by atoms with Crippen LogP contribution in [0.4, 0.5) is 0 Å². The summed E-state index contributed by atoms with van der Waals surface area (Å²) in [6, 6.07) is 8.08. The zero-order valence-electron chi connectivity index (χ0n) is 12.5. The summed E-state index contributed by atoms with van der Waals surface area (Å²) in [5.74, 6) is 2.53. The number of rotatable bonds is 6. The van der Waals surface area contributed by atoms with Crippen LogP contribution in [-0.4, -0.2) is 13.7 Å². The highest BCUT2D eigenvalue weighted by molar-refractivity contribution is 5.83. The van der Waals surface area contributed by atoms with Crippen molar-refractivity contribution in [3.63, 3.8) is 0 Å². The summed E-state index contributed by atoms with van der Waals surface area (Å²) in [5.41, 5.74) is 1.38. The van der Waals surface area contributed by atoms with E-state index in [4.69, 9.17) is 9.15 Å². The second-order valence-corrected chi connectivity index (χ2v) is 6.21. The number of nitrogens with one attached hydrogen (secondary N) is 1. The Morgan fingerprint density at radius 2 is 2.15 bits per heavy atom. The van der Waals surface area contributed by atoms with Gasteiger partial charge in [0.25, 0.3) is 0 Å². The van der Waals surface area contributed by atoms with E-state index < -0.39 is 0 Å². The fraction of sp³-hybridized carbons (Fsp3) is 0.529. The van der Waals surface area contributed by atoms with Gasteiger partial charge >= 0.3 is 0 Å². The smallest absolute Gasteiger partial charge is 0.176 e. The van der Waals surface area contributed by atoms with Gasteiger partial charge in [-0.25, -0.2) is 0 Å². The van der Waals surface area contributed by atoms with E-state index in [0.29, 0.717) is 5.41 Å². The summed E-state index contributed by atoms with van der Waals surface area (Å²) in [7, 11) is 1.68. The van der Waals surface area contributed by atoms with Gasteiger partial charge < -0.3 is 14.5 Å². The minimum Gasteiger partial charge on any atom is -0.493 e. The summed E-state index contributed by atoms with van der Waals surface area (Å²) in [4.78, 5) is 0. The molecule has 1 aromatic heterocycles. The first-order valence-electron chi connectivity index (χ1n) is 7.41. The van der Waals surface area contributed by atoms with Gasteiger partial charge in [-0.3, -0.25) is 0 Å². The average molecular weight is 273 g/mol. The fourth-order valence-electron chi connectivity index (χ4n) is 2.89. The number of furan rings is 1. The van der Waals surface area contributed by atoms with Gasteiger partial charge in [-0.05, 0) is 36.3 Å². The third-order valence-corrected chi connectivity index (χ3v) is 4.67. The number of methoxy groups -OCH3 is 1. The largest absolute Gasteiger partial charge is 0.493 e. The molecule has 0 spiro atoms. The second-order valence-electron chi connectivity index (χ2n) is 6.21. The van der Waals surface area contributed by atoms with Gasteiger partial charge in [0.2, 0.25) is 0 Å². The van der Waals surface area contributed by atoms with Crippen LogP contribution in [-0.2, 0) is 6.54 Å². The van der Waals surface area contributed by atoms with E-state index in [2.05, 4.69) is 31.3 Å².